The summed E-state index contributed by atoms with van der Waals surface area (Å²) in [5.74, 6) is 4.83. The Kier molecular flexibility index (Phi) is 2.74. The number of nitrogens with two attached hydrogens (primary N) is 1. The molecule has 4 heteroatoms. The molecule has 0 unspecified atom stereocenters. The molecule has 16 heavy (non-hydrogen) atoms. The lowest BCUT2D eigenvalue weighted by Crippen LogP contribution is -2.31. The van der Waals surface area contributed by atoms with Crippen LogP contribution in [0.1, 0.15) is 16.1 Å². The molecule has 2 aromatic rings. The van der Waals surface area contributed by atoms with Crippen LogP contribution in [0.25, 0.3) is 5.69 Å². The fourth-order valence-electron chi connectivity index (χ4n) is 1.64. The van der Waals surface area contributed by atoms with Gasteiger partial charge in [-0.05, 0) is 36.8 Å². The average Bonchev–Trinajstić information content (AvgIpc) is 2.77. The Labute approximate surface area is 93.7 Å². The van der Waals surface area contributed by atoms with E-state index in [4.69, 9.17) is 5.84 Å². The van der Waals surface area contributed by atoms with E-state index in [1.807, 2.05) is 43.5 Å². The van der Waals surface area contributed by atoms with Crippen molar-refractivity contribution in [1.82, 2.24) is 9.99 Å². The summed E-state index contributed by atoms with van der Waals surface area (Å²) in [5.41, 5.74) is 4.75. The van der Waals surface area contributed by atoms with Gasteiger partial charge in [0.15, 0.2) is 0 Å². The highest BCUT2D eigenvalue weighted by molar-refractivity contribution is 5.92. The van der Waals surface area contributed by atoms with Crippen LogP contribution in [0.15, 0.2) is 42.6 Å². The smallest absolute Gasteiger partial charge is 0.282 e. The molecule has 1 aromatic carbocycles. The van der Waals surface area contributed by atoms with E-state index in [2.05, 4.69) is 5.43 Å². The summed E-state index contributed by atoms with van der Waals surface area (Å²) in [4.78, 5) is 11.5. The lowest BCUT2D eigenvalue weighted by atomic mass is 10.2. The third kappa shape index (κ3) is 1.83. The van der Waals surface area contributed by atoms with Gasteiger partial charge in [0.25, 0.3) is 5.91 Å². The van der Waals surface area contributed by atoms with Gasteiger partial charge in [0.05, 0.1) is 0 Å². The van der Waals surface area contributed by atoms with E-state index in [1.165, 1.54) is 0 Å². The monoisotopic (exact) mass is 215 g/mol. The topological polar surface area (TPSA) is 60.0 Å². The van der Waals surface area contributed by atoms with Crippen molar-refractivity contribution in [1.29, 1.82) is 0 Å². The van der Waals surface area contributed by atoms with Gasteiger partial charge < -0.3 is 4.57 Å². The van der Waals surface area contributed by atoms with Crippen LogP contribution in [-0.4, -0.2) is 10.5 Å². The first kappa shape index (κ1) is 10.4. The molecule has 0 bridgehead atoms. The molecule has 0 atom stereocenters. The van der Waals surface area contributed by atoms with Crippen molar-refractivity contribution >= 4 is 5.91 Å². The number of nitrogen functional groups attached to an aromatic ring is 1. The van der Waals surface area contributed by atoms with Crippen LogP contribution in [0.4, 0.5) is 0 Å². The van der Waals surface area contributed by atoms with Gasteiger partial charge in [0.1, 0.15) is 5.69 Å². The van der Waals surface area contributed by atoms with Gasteiger partial charge in [0.2, 0.25) is 0 Å². The summed E-state index contributed by atoms with van der Waals surface area (Å²) < 4.78 is 1.80. The number of hydrazine groups is 1. The summed E-state index contributed by atoms with van der Waals surface area (Å²) in [6.07, 6.45) is 1.83. The summed E-state index contributed by atoms with van der Waals surface area (Å²) in [6, 6.07) is 11.5. The number of carbonyl (C=O) groups is 1. The van der Waals surface area contributed by atoms with Crippen molar-refractivity contribution in [3.05, 3.63) is 53.9 Å². The highest BCUT2D eigenvalue weighted by Crippen LogP contribution is 2.13. The fraction of sp³-hybridized carbons (Fsp3) is 0.0833. The molecule has 82 valence electrons. The normalized spacial score (nSPS) is 10.1. The number of benzene rings is 1. The molecule has 0 saturated heterocycles. The van der Waals surface area contributed by atoms with E-state index in [9.17, 15) is 4.79 Å². The minimum Gasteiger partial charge on any atom is -0.312 e. The number of hydrogen-bond donors (Lipinski definition) is 2. The predicted molar refractivity (Wildman–Crippen MR) is 62.2 cm³/mol. The van der Waals surface area contributed by atoms with Crippen LogP contribution in [0.3, 0.4) is 0 Å². The van der Waals surface area contributed by atoms with Crippen molar-refractivity contribution in [3.63, 3.8) is 0 Å². The van der Waals surface area contributed by atoms with Crippen LogP contribution in [0.5, 0.6) is 0 Å². The number of hydrogen-bond acceptors (Lipinski definition) is 2. The molecule has 0 aliphatic carbocycles. The highest BCUT2D eigenvalue weighted by atomic mass is 16.2. The van der Waals surface area contributed by atoms with Crippen molar-refractivity contribution < 1.29 is 4.79 Å². The Balaban J connectivity index is 2.48. The second-order valence-corrected chi connectivity index (χ2v) is 3.58. The largest absolute Gasteiger partial charge is 0.312 e. The lowest BCUT2D eigenvalue weighted by Gasteiger charge is -2.08. The van der Waals surface area contributed by atoms with Crippen molar-refractivity contribution in [2.75, 3.05) is 0 Å². The summed E-state index contributed by atoms with van der Waals surface area (Å²) in [5, 5.41) is 0. The van der Waals surface area contributed by atoms with Crippen molar-refractivity contribution in [3.8, 4) is 5.69 Å². The average molecular weight is 215 g/mol. The molecular formula is C12H13N3O. The summed E-state index contributed by atoms with van der Waals surface area (Å²) >= 11 is 0. The molecule has 2 rings (SSSR count). The third-order valence-corrected chi connectivity index (χ3v) is 2.39. The maximum atomic E-state index is 11.5. The Hall–Kier alpha value is -2.07. The Morgan fingerprint density at radius 1 is 1.31 bits per heavy atom. The first-order valence-electron chi connectivity index (χ1n) is 4.97. The van der Waals surface area contributed by atoms with Gasteiger partial charge in [-0.3, -0.25) is 10.2 Å². The number of aryl methyl sites for hydroxylation is 1. The van der Waals surface area contributed by atoms with E-state index in [1.54, 1.807) is 10.6 Å². The number of nitrogens with one attached hydrogen (secondary N) is 1. The second kappa shape index (κ2) is 4.20. The molecule has 1 heterocycles. The molecule has 0 spiro atoms. The van der Waals surface area contributed by atoms with Crippen LogP contribution in [-0.2, 0) is 0 Å². The zero-order valence-electron chi connectivity index (χ0n) is 8.97. The zero-order valence-corrected chi connectivity index (χ0v) is 8.97. The third-order valence-electron chi connectivity index (χ3n) is 2.39. The second-order valence-electron chi connectivity index (χ2n) is 3.58. The Morgan fingerprint density at radius 3 is 2.81 bits per heavy atom. The standard InChI is InChI=1S/C12H13N3O/c1-9-4-2-5-10(8-9)15-7-3-6-11(15)12(16)14-13/h2-8H,13H2,1H3,(H,14,16). The molecular weight excluding hydrogens is 202 g/mol. The Bertz CT molecular complexity index is 516. The summed E-state index contributed by atoms with van der Waals surface area (Å²) in [6.45, 7) is 2.01. The SMILES string of the molecule is Cc1cccc(-n2cccc2C(=O)NN)c1. The lowest BCUT2D eigenvalue weighted by molar-refractivity contribution is 0.0947. The van der Waals surface area contributed by atoms with Crippen molar-refractivity contribution in [2.45, 2.75) is 6.92 Å². The first-order valence-corrected chi connectivity index (χ1v) is 4.97. The van der Waals surface area contributed by atoms with Crippen LogP contribution in [0.2, 0.25) is 0 Å². The fourth-order valence-corrected chi connectivity index (χ4v) is 1.64. The molecule has 3 N–H and O–H groups in total. The molecule has 0 saturated carbocycles. The molecule has 0 aliphatic rings. The quantitative estimate of drug-likeness (QED) is 0.452. The molecule has 1 aromatic heterocycles. The van der Waals surface area contributed by atoms with E-state index < -0.39 is 0 Å². The maximum Gasteiger partial charge on any atom is 0.282 e. The maximum absolute atomic E-state index is 11.5. The molecule has 1 amide bonds. The number of nitrogens with zero attached hydrogens (tertiary/aromatic N) is 1. The first-order chi connectivity index (χ1) is 7.72. The van der Waals surface area contributed by atoms with Gasteiger partial charge in [-0.15, -0.1) is 0 Å². The zero-order chi connectivity index (χ0) is 11.5. The number of aromatic nitrogens is 1. The van der Waals surface area contributed by atoms with E-state index in [0.717, 1.165) is 11.3 Å². The van der Waals surface area contributed by atoms with Gasteiger partial charge in [-0.1, -0.05) is 12.1 Å². The highest BCUT2D eigenvalue weighted by Gasteiger charge is 2.09. The predicted octanol–water partition coefficient (Wildman–Crippen LogP) is 1.39. The van der Waals surface area contributed by atoms with E-state index >= 15 is 0 Å². The molecule has 4 nitrogen and oxygen atoms in total. The van der Waals surface area contributed by atoms with Gasteiger partial charge in [-0.25, -0.2) is 5.84 Å². The van der Waals surface area contributed by atoms with Crippen LogP contribution >= 0.6 is 0 Å². The van der Waals surface area contributed by atoms with E-state index in [-0.39, 0.29) is 5.91 Å². The molecule has 0 fully saturated rings. The minimum atomic E-state index is -0.300. The van der Waals surface area contributed by atoms with Gasteiger partial charge in [0, 0.05) is 11.9 Å². The van der Waals surface area contributed by atoms with Crippen molar-refractivity contribution in [2.24, 2.45) is 5.84 Å². The van der Waals surface area contributed by atoms with E-state index in [0.29, 0.717) is 5.69 Å². The number of carbonyl (C=O) groups excluding carboxylic acids is 1. The van der Waals surface area contributed by atoms with Crippen LogP contribution < -0.4 is 11.3 Å². The van der Waals surface area contributed by atoms with Gasteiger partial charge in [-0.2, -0.15) is 0 Å². The Morgan fingerprint density at radius 2 is 2.12 bits per heavy atom. The minimum absolute atomic E-state index is 0.300. The van der Waals surface area contributed by atoms with Gasteiger partial charge >= 0.3 is 0 Å². The van der Waals surface area contributed by atoms with Crippen LogP contribution in [0, 0.1) is 6.92 Å². The molecule has 0 aliphatic heterocycles. The number of rotatable bonds is 2. The number of amides is 1. The molecule has 0 radical (unpaired) electrons. The summed E-state index contributed by atoms with van der Waals surface area (Å²) in [7, 11) is 0.